The summed E-state index contributed by atoms with van der Waals surface area (Å²) in [6.45, 7) is 3.61. The van der Waals surface area contributed by atoms with Crippen molar-refractivity contribution in [2.24, 2.45) is 0 Å². The molecule has 1 aromatic carbocycles. The fourth-order valence-corrected chi connectivity index (χ4v) is 1.04. The van der Waals surface area contributed by atoms with E-state index in [-0.39, 0.29) is 0 Å². The molecule has 66 valence electrons. The van der Waals surface area contributed by atoms with E-state index in [1.165, 1.54) is 5.56 Å². The van der Waals surface area contributed by atoms with Crippen molar-refractivity contribution in [2.75, 3.05) is 0 Å². The van der Waals surface area contributed by atoms with Crippen LogP contribution < -0.4 is 0 Å². The van der Waals surface area contributed by atoms with Crippen molar-refractivity contribution in [2.45, 2.75) is 12.8 Å². The van der Waals surface area contributed by atoms with Crippen molar-refractivity contribution in [3.8, 4) is 6.26 Å². The second-order valence-corrected chi connectivity index (χ2v) is 2.72. The Labute approximate surface area is 78.1 Å². The lowest BCUT2D eigenvalue weighted by molar-refractivity contribution is 0.358. The van der Waals surface area contributed by atoms with Crippen molar-refractivity contribution >= 4 is 0 Å². The number of aryl methyl sites for hydroxylation is 1. The highest BCUT2D eigenvalue weighted by Crippen LogP contribution is 2.07. The van der Waals surface area contributed by atoms with E-state index in [1.807, 2.05) is 30.3 Å². The molecule has 1 aromatic rings. The van der Waals surface area contributed by atoms with E-state index in [0.29, 0.717) is 12.2 Å². The lowest BCUT2D eigenvalue weighted by Crippen LogP contribution is -1.89. The minimum Gasteiger partial charge on any atom is -0.393 e. The van der Waals surface area contributed by atoms with Gasteiger partial charge in [-0.25, -0.2) is 0 Å². The third-order valence-electron chi connectivity index (χ3n) is 1.73. The first-order chi connectivity index (χ1) is 6.33. The predicted octanol–water partition coefficient (Wildman–Crippen LogP) is 2.63. The average Bonchev–Trinajstić information content (AvgIpc) is 2.17. The van der Waals surface area contributed by atoms with Crippen molar-refractivity contribution < 1.29 is 4.74 Å². The van der Waals surface area contributed by atoms with Crippen LogP contribution in [0.2, 0.25) is 0 Å². The van der Waals surface area contributed by atoms with Gasteiger partial charge in [-0.2, -0.15) is 0 Å². The molecule has 0 aliphatic carbocycles. The third-order valence-corrected chi connectivity index (χ3v) is 1.73. The summed E-state index contributed by atoms with van der Waals surface area (Å²) in [6, 6.07) is 10.0. The Morgan fingerprint density at radius 2 is 2.08 bits per heavy atom. The van der Waals surface area contributed by atoms with Gasteiger partial charge in [0.15, 0.2) is 0 Å². The van der Waals surface area contributed by atoms with Crippen molar-refractivity contribution in [3.05, 3.63) is 48.2 Å². The van der Waals surface area contributed by atoms with Gasteiger partial charge in [0.25, 0.3) is 6.26 Å². The third kappa shape index (κ3) is 3.44. The molecular formula is C11H11NO. The molecule has 0 radical (unpaired) electrons. The molecule has 0 saturated heterocycles. The molecule has 0 N–H and O–H groups in total. The Hall–Kier alpha value is -1.75. The van der Waals surface area contributed by atoms with Gasteiger partial charge in [0.05, 0.1) is 0 Å². The lowest BCUT2D eigenvalue weighted by Gasteiger charge is -2.00. The largest absolute Gasteiger partial charge is 0.393 e. The van der Waals surface area contributed by atoms with Gasteiger partial charge in [0.2, 0.25) is 0 Å². The van der Waals surface area contributed by atoms with Crippen LogP contribution in [0.25, 0.3) is 0 Å². The first kappa shape index (κ1) is 9.34. The first-order valence-electron chi connectivity index (χ1n) is 4.10. The van der Waals surface area contributed by atoms with E-state index in [4.69, 9.17) is 5.26 Å². The van der Waals surface area contributed by atoms with E-state index < -0.39 is 0 Å². The van der Waals surface area contributed by atoms with Crippen LogP contribution in [-0.2, 0) is 11.2 Å². The number of allylic oxidation sites excluding steroid dienone is 1. The molecule has 0 heterocycles. The molecule has 2 heteroatoms. The second kappa shape index (κ2) is 5.00. The molecule has 0 aliphatic rings. The molecule has 0 atom stereocenters. The summed E-state index contributed by atoms with van der Waals surface area (Å²) in [5.41, 5.74) is 1.23. The smallest absolute Gasteiger partial charge is 0.291 e. The van der Waals surface area contributed by atoms with Crippen LogP contribution in [0.1, 0.15) is 12.0 Å². The fourth-order valence-electron chi connectivity index (χ4n) is 1.04. The normalized spacial score (nSPS) is 8.85. The summed E-state index contributed by atoms with van der Waals surface area (Å²) >= 11 is 0. The Morgan fingerprint density at radius 1 is 1.38 bits per heavy atom. The molecule has 13 heavy (non-hydrogen) atoms. The van der Waals surface area contributed by atoms with Crippen LogP contribution >= 0.6 is 0 Å². The number of benzene rings is 1. The molecule has 0 amide bonds. The van der Waals surface area contributed by atoms with Gasteiger partial charge in [-0.05, 0) is 12.0 Å². The average molecular weight is 173 g/mol. The highest BCUT2D eigenvalue weighted by atomic mass is 16.5. The summed E-state index contributed by atoms with van der Waals surface area (Å²) in [7, 11) is 0. The first-order valence-corrected chi connectivity index (χ1v) is 4.10. The van der Waals surface area contributed by atoms with Gasteiger partial charge < -0.3 is 4.74 Å². The molecule has 1 rings (SSSR count). The molecule has 0 saturated carbocycles. The quantitative estimate of drug-likeness (QED) is 0.518. The molecule has 0 spiro atoms. The Balaban J connectivity index is 2.36. The standard InChI is InChI=1S/C11H11NO/c1-10(13-9-12)7-8-11-5-3-2-4-6-11/h2-6H,1,7-8H2. The molecule has 0 aliphatic heterocycles. The summed E-state index contributed by atoms with van der Waals surface area (Å²) in [5.74, 6) is 0.520. The summed E-state index contributed by atoms with van der Waals surface area (Å²) < 4.78 is 4.57. The molecular weight excluding hydrogens is 162 g/mol. The zero-order valence-electron chi connectivity index (χ0n) is 7.36. The minimum absolute atomic E-state index is 0.520. The Morgan fingerprint density at radius 3 is 2.69 bits per heavy atom. The molecule has 0 fully saturated rings. The zero-order chi connectivity index (χ0) is 9.52. The van der Waals surface area contributed by atoms with Crippen LogP contribution in [0, 0.1) is 11.5 Å². The van der Waals surface area contributed by atoms with Crippen LogP contribution in [0.15, 0.2) is 42.7 Å². The number of nitrogens with zero attached hydrogens (tertiary/aromatic N) is 1. The number of nitriles is 1. The SMILES string of the molecule is C=C(CCc1ccccc1)OC#N. The van der Waals surface area contributed by atoms with E-state index in [2.05, 4.69) is 11.3 Å². The molecule has 0 unspecified atom stereocenters. The zero-order valence-corrected chi connectivity index (χ0v) is 7.36. The second-order valence-electron chi connectivity index (χ2n) is 2.72. The molecule has 0 aromatic heterocycles. The van der Waals surface area contributed by atoms with Gasteiger partial charge in [-0.1, -0.05) is 36.9 Å². The van der Waals surface area contributed by atoms with E-state index in [1.54, 1.807) is 6.26 Å². The van der Waals surface area contributed by atoms with Gasteiger partial charge in [0.1, 0.15) is 5.76 Å². The van der Waals surface area contributed by atoms with E-state index >= 15 is 0 Å². The van der Waals surface area contributed by atoms with Gasteiger partial charge in [-0.15, -0.1) is 5.26 Å². The summed E-state index contributed by atoms with van der Waals surface area (Å²) in [4.78, 5) is 0. The maximum Gasteiger partial charge on any atom is 0.291 e. The predicted molar refractivity (Wildman–Crippen MR) is 50.6 cm³/mol. The van der Waals surface area contributed by atoms with Gasteiger partial charge in [-0.3, -0.25) is 0 Å². The number of hydrogen-bond donors (Lipinski definition) is 0. The Kier molecular flexibility index (Phi) is 3.59. The van der Waals surface area contributed by atoms with Gasteiger partial charge in [0, 0.05) is 6.42 Å². The summed E-state index contributed by atoms with van der Waals surface area (Å²) in [6.07, 6.45) is 3.16. The highest BCUT2D eigenvalue weighted by Gasteiger charge is 1.96. The van der Waals surface area contributed by atoms with Crippen molar-refractivity contribution in [1.82, 2.24) is 0 Å². The van der Waals surface area contributed by atoms with E-state index in [9.17, 15) is 0 Å². The molecule has 2 nitrogen and oxygen atoms in total. The Bertz CT molecular complexity index is 311. The van der Waals surface area contributed by atoms with Gasteiger partial charge >= 0.3 is 0 Å². The maximum atomic E-state index is 8.20. The summed E-state index contributed by atoms with van der Waals surface area (Å²) in [5, 5.41) is 8.20. The highest BCUT2D eigenvalue weighted by molar-refractivity contribution is 5.15. The monoisotopic (exact) mass is 173 g/mol. The van der Waals surface area contributed by atoms with Crippen LogP contribution in [-0.4, -0.2) is 0 Å². The van der Waals surface area contributed by atoms with Crippen LogP contribution in [0.4, 0.5) is 0 Å². The number of hydrogen-bond acceptors (Lipinski definition) is 2. The van der Waals surface area contributed by atoms with Crippen molar-refractivity contribution in [3.63, 3.8) is 0 Å². The number of ether oxygens (including phenoxy) is 1. The lowest BCUT2D eigenvalue weighted by atomic mass is 10.1. The fraction of sp³-hybridized carbons (Fsp3) is 0.182. The maximum absolute atomic E-state index is 8.20. The molecule has 0 bridgehead atoms. The van der Waals surface area contributed by atoms with Crippen molar-refractivity contribution in [1.29, 1.82) is 5.26 Å². The van der Waals surface area contributed by atoms with Crippen LogP contribution in [0.5, 0.6) is 0 Å². The van der Waals surface area contributed by atoms with E-state index in [0.717, 1.165) is 6.42 Å². The van der Waals surface area contributed by atoms with Crippen LogP contribution in [0.3, 0.4) is 0 Å². The number of rotatable bonds is 4. The minimum atomic E-state index is 0.520. The topological polar surface area (TPSA) is 33.0 Å².